The molecule has 100 valence electrons. The molecule has 0 saturated carbocycles. The first kappa shape index (κ1) is 13.6. The molecule has 20 heavy (non-hydrogen) atoms. The average molecular weight is 266 g/mol. The topological polar surface area (TPSA) is 35.5 Å². The Morgan fingerprint density at radius 3 is 1.50 bits per heavy atom. The summed E-state index contributed by atoms with van der Waals surface area (Å²) in [7, 11) is 0. The van der Waals surface area contributed by atoms with E-state index >= 15 is 0 Å². The average Bonchev–Trinajstić information content (AvgIpc) is 2.49. The Bertz CT molecular complexity index is 533. The van der Waals surface area contributed by atoms with Crippen LogP contribution in [0.1, 0.15) is 11.1 Å². The number of carbonyl (C=O) groups excluding carboxylic acids is 1. The molecule has 0 N–H and O–H groups in total. The van der Waals surface area contributed by atoms with Crippen molar-refractivity contribution in [2.45, 2.75) is 0 Å². The molecule has 0 heterocycles. The largest absolute Gasteiger partial charge is 0.518 e. The lowest BCUT2D eigenvalue weighted by molar-refractivity contribution is 0.121. The molecular formula is C17H14O3. The summed E-state index contributed by atoms with van der Waals surface area (Å²) in [4.78, 5) is 11.3. The Hall–Kier alpha value is -2.81. The van der Waals surface area contributed by atoms with Gasteiger partial charge in [-0.05, 0) is 23.3 Å². The summed E-state index contributed by atoms with van der Waals surface area (Å²) >= 11 is 0. The predicted molar refractivity (Wildman–Crippen MR) is 78.5 cm³/mol. The maximum atomic E-state index is 11.3. The number of hydrogen-bond donors (Lipinski definition) is 0. The highest BCUT2D eigenvalue weighted by atomic mass is 16.7. The van der Waals surface area contributed by atoms with E-state index in [1.54, 1.807) is 12.2 Å². The van der Waals surface area contributed by atoms with Crippen molar-refractivity contribution in [3.05, 3.63) is 84.3 Å². The van der Waals surface area contributed by atoms with Crippen LogP contribution in [-0.2, 0) is 9.47 Å². The van der Waals surface area contributed by atoms with E-state index in [-0.39, 0.29) is 0 Å². The lowest BCUT2D eigenvalue weighted by atomic mass is 10.2. The molecule has 0 radical (unpaired) electrons. The van der Waals surface area contributed by atoms with Crippen LogP contribution < -0.4 is 0 Å². The van der Waals surface area contributed by atoms with Crippen LogP contribution in [0.4, 0.5) is 4.79 Å². The Morgan fingerprint density at radius 1 is 0.700 bits per heavy atom. The van der Waals surface area contributed by atoms with Gasteiger partial charge < -0.3 is 9.47 Å². The van der Waals surface area contributed by atoms with Gasteiger partial charge in [0.05, 0.1) is 12.5 Å². The Labute approximate surface area is 117 Å². The molecule has 0 aromatic heterocycles. The monoisotopic (exact) mass is 266 g/mol. The number of benzene rings is 2. The molecule has 0 unspecified atom stereocenters. The molecule has 0 atom stereocenters. The minimum Gasteiger partial charge on any atom is -0.403 e. The second kappa shape index (κ2) is 7.59. The molecule has 0 fully saturated rings. The quantitative estimate of drug-likeness (QED) is 0.604. The molecule has 0 saturated heterocycles. The first-order valence-corrected chi connectivity index (χ1v) is 6.15. The van der Waals surface area contributed by atoms with Crippen molar-refractivity contribution in [1.82, 2.24) is 0 Å². The molecule has 0 aliphatic rings. The first-order valence-electron chi connectivity index (χ1n) is 6.15. The van der Waals surface area contributed by atoms with E-state index in [1.165, 1.54) is 12.5 Å². The smallest absolute Gasteiger partial charge is 0.403 e. The number of hydrogen-bond acceptors (Lipinski definition) is 3. The van der Waals surface area contributed by atoms with Crippen molar-refractivity contribution in [2.75, 3.05) is 0 Å². The van der Waals surface area contributed by atoms with Gasteiger partial charge in [0.2, 0.25) is 0 Å². The predicted octanol–water partition coefficient (Wildman–Crippen LogP) is 4.48. The highest BCUT2D eigenvalue weighted by molar-refractivity contribution is 5.64. The van der Waals surface area contributed by atoms with Crippen molar-refractivity contribution < 1.29 is 14.3 Å². The minimum absolute atomic E-state index is 0.774. The molecule has 0 bridgehead atoms. The number of rotatable bonds is 4. The van der Waals surface area contributed by atoms with Gasteiger partial charge in [-0.15, -0.1) is 0 Å². The fourth-order valence-corrected chi connectivity index (χ4v) is 1.49. The summed E-state index contributed by atoms with van der Waals surface area (Å²) in [6, 6.07) is 19.1. The van der Waals surface area contributed by atoms with E-state index in [0.29, 0.717) is 0 Å². The van der Waals surface area contributed by atoms with Gasteiger partial charge in [-0.1, -0.05) is 60.7 Å². The van der Waals surface area contributed by atoms with E-state index in [9.17, 15) is 4.79 Å². The Kier molecular flexibility index (Phi) is 5.17. The molecule has 2 rings (SSSR count). The third-order valence-electron chi connectivity index (χ3n) is 2.45. The number of ether oxygens (including phenoxy) is 2. The standard InChI is InChI=1S/C17H14O3/c18-17(19-13-11-15-7-3-1-4-8-15)20-14-12-16-9-5-2-6-10-16/h1-14H. The summed E-state index contributed by atoms with van der Waals surface area (Å²) in [5.41, 5.74) is 1.89. The van der Waals surface area contributed by atoms with Gasteiger partial charge >= 0.3 is 6.16 Å². The lowest BCUT2D eigenvalue weighted by Gasteiger charge is -1.97. The normalized spacial score (nSPS) is 10.8. The summed E-state index contributed by atoms with van der Waals surface area (Å²) in [6.07, 6.45) is 5.19. The highest BCUT2D eigenvalue weighted by Crippen LogP contribution is 2.03. The fourth-order valence-electron chi connectivity index (χ4n) is 1.49. The summed E-state index contributed by atoms with van der Waals surface area (Å²) < 4.78 is 9.58. The molecule has 0 aliphatic carbocycles. The first-order chi connectivity index (χ1) is 9.84. The van der Waals surface area contributed by atoms with Gasteiger partial charge in [-0.2, -0.15) is 0 Å². The van der Waals surface area contributed by atoms with Gasteiger partial charge in [0, 0.05) is 0 Å². The van der Waals surface area contributed by atoms with Crippen LogP contribution >= 0.6 is 0 Å². The van der Waals surface area contributed by atoms with E-state index in [0.717, 1.165) is 11.1 Å². The van der Waals surface area contributed by atoms with E-state index in [4.69, 9.17) is 9.47 Å². The molecule has 0 aliphatic heterocycles. The zero-order chi connectivity index (χ0) is 14.0. The maximum Gasteiger partial charge on any atom is 0.518 e. The van der Waals surface area contributed by atoms with Crippen molar-refractivity contribution in [1.29, 1.82) is 0 Å². The molecule has 0 spiro atoms. The molecule has 3 heteroatoms. The zero-order valence-electron chi connectivity index (χ0n) is 10.8. The van der Waals surface area contributed by atoms with E-state index < -0.39 is 6.16 Å². The second-order valence-electron chi connectivity index (χ2n) is 3.91. The van der Waals surface area contributed by atoms with Crippen molar-refractivity contribution in [3.63, 3.8) is 0 Å². The van der Waals surface area contributed by atoms with Gasteiger partial charge in [-0.3, -0.25) is 0 Å². The third-order valence-corrected chi connectivity index (χ3v) is 2.45. The highest BCUT2D eigenvalue weighted by Gasteiger charge is 1.97. The second-order valence-corrected chi connectivity index (χ2v) is 3.91. The third kappa shape index (κ3) is 4.82. The molecule has 2 aromatic carbocycles. The van der Waals surface area contributed by atoms with Crippen molar-refractivity contribution in [3.8, 4) is 0 Å². The Balaban J connectivity index is 1.76. The van der Waals surface area contributed by atoms with Crippen LogP contribution in [0.2, 0.25) is 0 Å². The van der Waals surface area contributed by atoms with E-state index in [1.807, 2.05) is 60.7 Å². The molecule has 3 nitrogen and oxygen atoms in total. The molecule has 2 aromatic rings. The zero-order valence-corrected chi connectivity index (χ0v) is 10.8. The van der Waals surface area contributed by atoms with E-state index in [2.05, 4.69) is 0 Å². The van der Waals surface area contributed by atoms with Crippen molar-refractivity contribution >= 4 is 18.3 Å². The SMILES string of the molecule is O=C(OC=Cc1ccccc1)OC=Cc1ccccc1. The summed E-state index contributed by atoms with van der Waals surface area (Å²) in [6.45, 7) is 0. The number of carbonyl (C=O) groups is 1. The summed E-state index contributed by atoms with van der Waals surface area (Å²) in [5, 5.41) is 0. The fraction of sp³-hybridized carbons (Fsp3) is 0. The van der Waals surface area contributed by atoms with Crippen LogP contribution in [0, 0.1) is 0 Å². The van der Waals surface area contributed by atoms with Crippen LogP contribution in [0.15, 0.2) is 73.2 Å². The van der Waals surface area contributed by atoms with Crippen molar-refractivity contribution in [2.24, 2.45) is 0 Å². The van der Waals surface area contributed by atoms with Crippen LogP contribution in [0.5, 0.6) is 0 Å². The maximum absolute atomic E-state index is 11.3. The van der Waals surface area contributed by atoms with Crippen LogP contribution in [-0.4, -0.2) is 6.16 Å². The van der Waals surface area contributed by atoms with Gasteiger partial charge in [0.25, 0.3) is 0 Å². The summed E-state index contributed by atoms with van der Waals surface area (Å²) in [5.74, 6) is 0. The van der Waals surface area contributed by atoms with Gasteiger partial charge in [0.1, 0.15) is 0 Å². The minimum atomic E-state index is -0.774. The molecular weight excluding hydrogens is 252 g/mol. The van der Waals surface area contributed by atoms with Crippen LogP contribution in [0.3, 0.4) is 0 Å². The molecule has 0 amide bonds. The van der Waals surface area contributed by atoms with Gasteiger partial charge in [-0.25, -0.2) is 4.79 Å². The van der Waals surface area contributed by atoms with Crippen LogP contribution in [0.25, 0.3) is 12.2 Å². The lowest BCUT2D eigenvalue weighted by Crippen LogP contribution is -1.97. The van der Waals surface area contributed by atoms with Gasteiger partial charge in [0.15, 0.2) is 0 Å². The Morgan fingerprint density at radius 2 is 1.10 bits per heavy atom.